The number of carbonyl (C=O) groups excluding carboxylic acids is 1. The fourth-order valence-corrected chi connectivity index (χ4v) is 4.17. The predicted octanol–water partition coefficient (Wildman–Crippen LogP) is 4.56. The second-order valence-corrected chi connectivity index (χ2v) is 7.77. The van der Waals surface area contributed by atoms with Crippen molar-refractivity contribution >= 4 is 28.3 Å². The Labute approximate surface area is 188 Å². The lowest BCUT2D eigenvalue weighted by atomic mass is 10.0. The van der Waals surface area contributed by atoms with Crippen LogP contribution in [-0.2, 0) is 11.8 Å². The molecule has 0 aliphatic rings. The van der Waals surface area contributed by atoms with Crippen molar-refractivity contribution in [1.82, 2.24) is 14.1 Å². The van der Waals surface area contributed by atoms with Crippen LogP contribution in [0.1, 0.15) is 11.1 Å². The lowest BCUT2D eigenvalue weighted by molar-refractivity contribution is -0.107. The minimum atomic E-state index is -0.294. The number of fused-ring (bicyclic) bond motifs is 3. The van der Waals surface area contributed by atoms with Crippen LogP contribution < -0.4 is 5.62 Å². The number of aryl methyl sites for hydroxylation is 2. The molecule has 5 rings (SSSR count). The molecule has 3 aromatic carbocycles. The molecule has 5 aromatic rings. The smallest absolute Gasteiger partial charge is 0.236 e. The molecule has 0 aliphatic heterocycles. The van der Waals surface area contributed by atoms with E-state index in [4.69, 9.17) is 0 Å². The molecule has 1 amide bonds. The summed E-state index contributed by atoms with van der Waals surface area (Å²) in [7, 11) is 1.82. The zero-order chi connectivity index (χ0) is 23.1. The summed E-state index contributed by atoms with van der Waals surface area (Å²) in [5.74, 6) is -0.294. The zero-order valence-electron chi connectivity index (χ0n) is 18.0. The van der Waals surface area contributed by atoms with E-state index in [9.17, 15) is 14.4 Å². The van der Waals surface area contributed by atoms with Crippen LogP contribution in [-0.4, -0.2) is 20.5 Å². The Balaban J connectivity index is 1.94. The number of pyridine rings is 1. The summed E-state index contributed by atoms with van der Waals surface area (Å²) >= 11 is 0. The normalized spacial score (nSPS) is 11.8. The highest BCUT2D eigenvalue weighted by Gasteiger charge is 2.17. The van der Waals surface area contributed by atoms with E-state index in [1.165, 1.54) is 12.1 Å². The number of amides is 1. The lowest BCUT2D eigenvalue weighted by Crippen LogP contribution is -2.24. The Kier molecular flexibility index (Phi) is 4.83. The number of nitriles is 1. The molecule has 0 fully saturated rings. The standard InChI is InChI=1S/C26H18FN5O/c1-16-3-4-17(13-28)11-23(16)32-25-21-12-19(18-5-8-20(27)9-6-18)7-10-22(21)29-14-24(25)31(2)26(32)30-15-33/h3-12,14-15H,1-2H3. The van der Waals surface area contributed by atoms with Gasteiger partial charge in [0.25, 0.3) is 0 Å². The van der Waals surface area contributed by atoms with Crippen LogP contribution in [0.25, 0.3) is 38.8 Å². The van der Waals surface area contributed by atoms with Crippen LogP contribution in [0.15, 0.2) is 71.9 Å². The van der Waals surface area contributed by atoms with Crippen molar-refractivity contribution < 1.29 is 9.18 Å². The molecule has 2 heterocycles. The predicted molar refractivity (Wildman–Crippen MR) is 124 cm³/mol. The van der Waals surface area contributed by atoms with Gasteiger partial charge in [0.15, 0.2) is 0 Å². The molecule has 0 saturated heterocycles. The number of rotatable bonds is 3. The first-order valence-electron chi connectivity index (χ1n) is 10.3. The Morgan fingerprint density at radius 1 is 1.06 bits per heavy atom. The first-order chi connectivity index (χ1) is 16.0. The number of aromatic nitrogens is 3. The summed E-state index contributed by atoms with van der Waals surface area (Å²) in [4.78, 5) is 20.1. The first-order valence-corrected chi connectivity index (χ1v) is 10.3. The quantitative estimate of drug-likeness (QED) is 0.390. The number of benzene rings is 3. The topological polar surface area (TPSA) is 76.0 Å². The van der Waals surface area contributed by atoms with Crippen LogP contribution in [0.2, 0.25) is 0 Å². The average molecular weight is 435 g/mol. The van der Waals surface area contributed by atoms with Crippen molar-refractivity contribution in [3.8, 4) is 22.9 Å². The third-order valence-corrected chi connectivity index (χ3v) is 5.83. The second-order valence-electron chi connectivity index (χ2n) is 7.77. The van der Waals surface area contributed by atoms with Crippen LogP contribution in [0, 0.1) is 24.1 Å². The molecular formula is C26H18FN5O. The fraction of sp³-hybridized carbons (Fsp3) is 0.0769. The van der Waals surface area contributed by atoms with E-state index in [-0.39, 0.29) is 5.82 Å². The highest BCUT2D eigenvalue weighted by Crippen LogP contribution is 2.30. The molecule has 6 nitrogen and oxygen atoms in total. The van der Waals surface area contributed by atoms with Crippen LogP contribution in [0.5, 0.6) is 0 Å². The van der Waals surface area contributed by atoms with Crippen molar-refractivity contribution in [3.05, 3.63) is 89.4 Å². The lowest BCUT2D eigenvalue weighted by Gasteiger charge is -2.11. The number of imidazole rings is 1. The van der Waals surface area contributed by atoms with Gasteiger partial charge < -0.3 is 4.57 Å². The molecule has 0 spiro atoms. The number of hydrogen-bond acceptors (Lipinski definition) is 3. The van der Waals surface area contributed by atoms with E-state index < -0.39 is 0 Å². The number of nitrogens with zero attached hydrogens (tertiary/aromatic N) is 5. The Bertz CT molecular complexity index is 1670. The largest absolute Gasteiger partial charge is 0.311 e. The van der Waals surface area contributed by atoms with Crippen LogP contribution in [0.3, 0.4) is 0 Å². The van der Waals surface area contributed by atoms with Gasteiger partial charge in [-0.15, -0.1) is 0 Å². The summed E-state index contributed by atoms with van der Waals surface area (Å²) in [5.41, 5.74) is 6.73. The molecule has 7 heteroatoms. The molecular weight excluding hydrogens is 417 g/mol. The Morgan fingerprint density at radius 3 is 2.55 bits per heavy atom. The molecule has 0 bridgehead atoms. The second kappa shape index (κ2) is 7.84. The van der Waals surface area contributed by atoms with Crippen LogP contribution >= 0.6 is 0 Å². The molecule has 2 aromatic heterocycles. The zero-order valence-corrected chi connectivity index (χ0v) is 18.0. The van der Waals surface area contributed by atoms with Gasteiger partial charge in [0.05, 0.1) is 40.1 Å². The molecule has 0 atom stereocenters. The van der Waals surface area contributed by atoms with Gasteiger partial charge in [0.1, 0.15) is 5.82 Å². The number of carbonyl (C=O) groups is 1. The molecule has 0 radical (unpaired) electrons. The fourth-order valence-electron chi connectivity index (χ4n) is 4.17. The molecule has 0 saturated carbocycles. The maximum absolute atomic E-state index is 13.4. The van der Waals surface area contributed by atoms with Gasteiger partial charge in [-0.1, -0.05) is 24.3 Å². The van der Waals surface area contributed by atoms with Gasteiger partial charge >= 0.3 is 0 Å². The van der Waals surface area contributed by atoms with Crippen LogP contribution in [0.4, 0.5) is 4.39 Å². The summed E-state index contributed by atoms with van der Waals surface area (Å²) in [5, 5.41) is 10.3. The van der Waals surface area contributed by atoms with Gasteiger partial charge in [0.2, 0.25) is 12.0 Å². The third-order valence-electron chi connectivity index (χ3n) is 5.83. The maximum atomic E-state index is 13.4. The number of hydrogen-bond donors (Lipinski definition) is 0. The van der Waals surface area contributed by atoms with Gasteiger partial charge in [-0.05, 0) is 60.0 Å². The monoisotopic (exact) mass is 435 g/mol. The van der Waals surface area contributed by atoms with Gasteiger partial charge in [-0.3, -0.25) is 14.3 Å². The van der Waals surface area contributed by atoms with Gasteiger partial charge in [-0.25, -0.2) is 4.39 Å². The van der Waals surface area contributed by atoms with Gasteiger partial charge in [-0.2, -0.15) is 10.3 Å². The summed E-state index contributed by atoms with van der Waals surface area (Å²) in [6, 6.07) is 19.8. The van der Waals surface area contributed by atoms with E-state index in [1.807, 2.05) is 42.8 Å². The van der Waals surface area contributed by atoms with E-state index in [0.717, 1.165) is 44.3 Å². The number of halogens is 1. The van der Waals surface area contributed by atoms with E-state index in [2.05, 4.69) is 16.0 Å². The van der Waals surface area contributed by atoms with E-state index >= 15 is 0 Å². The van der Waals surface area contributed by atoms with Crippen molar-refractivity contribution in [2.24, 2.45) is 12.0 Å². The Morgan fingerprint density at radius 2 is 1.82 bits per heavy atom. The van der Waals surface area contributed by atoms with Crippen molar-refractivity contribution in [2.75, 3.05) is 0 Å². The van der Waals surface area contributed by atoms with Crippen molar-refractivity contribution in [2.45, 2.75) is 6.92 Å². The molecule has 160 valence electrons. The van der Waals surface area contributed by atoms with E-state index in [0.29, 0.717) is 17.6 Å². The minimum Gasteiger partial charge on any atom is -0.311 e. The van der Waals surface area contributed by atoms with E-state index in [1.54, 1.807) is 35.0 Å². The highest BCUT2D eigenvalue weighted by atomic mass is 19.1. The van der Waals surface area contributed by atoms with Crippen molar-refractivity contribution in [1.29, 1.82) is 5.26 Å². The molecule has 33 heavy (non-hydrogen) atoms. The maximum Gasteiger partial charge on any atom is 0.236 e. The Hall–Kier alpha value is -4.57. The minimum absolute atomic E-state index is 0.294. The first kappa shape index (κ1) is 20.3. The third kappa shape index (κ3) is 3.29. The molecule has 0 aliphatic carbocycles. The summed E-state index contributed by atoms with van der Waals surface area (Å²) in [6.07, 6.45) is 2.26. The summed E-state index contributed by atoms with van der Waals surface area (Å²) in [6.45, 7) is 1.94. The molecule has 0 unspecified atom stereocenters. The summed E-state index contributed by atoms with van der Waals surface area (Å²) < 4.78 is 17.1. The average Bonchev–Trinajstić information content (AvgIpc) is 3.11. The van der Waals surface area contributed by atoms with Gasteiger partial charge in [0, 0.05) is 12.4 Å². The molecule has 0 N–H and O–H groups in total. The SMILES string of the molecule is Cc1ccc(C#N)cc1-n1c(=NC=O)n(C)c2cnc3ccc(-c4ccc(F)cc4)cc3c21. The highest BCUT2D eigenvalue weighted by molar-refractivity contribution is 6.04. The van der Waals surface area contributed by atoms with Crippen molar-refractivity contribution in [3.63, 3.8) is 0 Å².